The van der Waals surface area contributed by atoms with Crippen LogP contribution in [0.2, 0.25) is 0 Å². The van der Waals surface area contributed by atoms with Gasteiger partial charge in [-0.05, 0) is 66.0 Å². The number of nitrogens with zero attached hydrogens (tertiary/aromatic N) is 3. The number of benzene rings is 2. The molecule has 2 aliphatic rings. The van der Waals surface area contributed by atoms with E-state index in [1.807, 2.05) is 0 Å². The van der Waals surface area contributed by atoms with Gasteiger partial charge in [0, 0.05) is 10.8 Å². The molecule has 0 fully saturated rings. The predicted octanol–water partition coefficient (Wildman–Crippen LogP) is 7.21. The van der Waals surface area contributed by atoms with Crippen molar-refractivity contribution in [3.05, 3.63) is 52.8 Å². The van der Waals surface area contributed by atoms with Crippen molar-refractivity contribution in [3.8, 4) is 0 Å². The minimum Gasteiger partial charge on any atom is -0.217 e. The van der Waals surface area contributed by atoms with Crippen LogP contribution in [-0.4, -0.2) is 9.38 Å². The van der Waals surface area contributed by atoms with Crippen molar-refractivity contribution in [2.24, 2.45) is 0 Å². The van der Waals surface area contributed by atoms with Crippen LogP contribution in [0.15, 0.2) is 30.3 Å². The molecule has 0 amide bonds. The molecule has 0 radical (unpaired) electrons. The number of imidazole rings is 1. The summed E-state index contributed by atoms with van der Waals surface area (Å²) in [5.41, 5.74) is 9.59. The van der Waals surface area contributed by atoms with E-state index in [9.17, 15) is 0 Å². The van der Waals surface area contributed by atoms with Gasteiger partial charge in [-0.2, -0.15) is 4.40 Å². The number of hydrogen-bond donors (Lipinski definition) is 0. The van der Waals surface area contributed by atoms with Crippen LogP contribution < -0.4 is 4.57 Å². The number of hydrogen-bond acceptors (Lipinski definition) is 1. The van der Waals surface area contributed by atoms with Crippen molar-refractivity contribution in [3.63, 3.8) is 0 Å². The zero-order valence-corrected chi connectivity index (χ0v) is 22.9. The average molecular weight is 455 g/mol. The highest BCUT2D eigenvalue weighted by molar-refractivity contribution is 5.98. The van der Waals surface area contributed by atoms with Crippen LogP contribution in [0.5, 0.6) is 0 Å². The lowest BCUT2D eigenvalue weighted by Crippen LogP contribution is -2.64. The number of aromatic nitrogens is 3. The molecule has 0 spiro atoms. The van der Waals surface area contributed by atoms with Gasteiger partial charge in [0.05, 0.1) is 10.9 Å². The Balaban J connectivity index is 1.96. The van der Waals surface area contributed by atoms with Crippen LogP contribution in [0.3, 0.4) is 0 Å². The summed E-state index contributed by atoms with van der Waals surface area (Å²) in [6, 6.07) is 11.8. The molecule has 0 unspecified atom stereocenters. The first-order valence-corrected chi connectivity index (χ1v) is 12.9. The molecular formula is C31H40N3+. The normalized spacial score (nSPS) is 21.6. The Kier molecular flexibility index (Phi) is 3.80. The van der Waals surface area contributed by atoms with E-state index in [1.165, 1.54) is 45.2 Å². The fraction of sp³-hybridized carbons (Fsp3) is 0.548. The number of fused-ring (bicyclic) bond motifs is 4. The molecule has 3 nitrogen and oxygen atoms in total. The molecule has 34 heavy (non-hydrogen) atoms. The molecule has 0 atom stereocenters. The summed E-state index contributed by atoms with van der Waals surface area (Å²) in [5, 5.41) is 1.31. The fourth-order valence-corrected chi connectivity index (χ4v) is 7.35. The maximum Gasteiger partial charge on any atom is 0.299 e. The molecule has 3 heterocycles. The molecule has 0 saturated heterocycles. The first-order chi connectivity index (χ1) is 15.5. The van der Waals surface area contributed by atoms with Gasteiger partial charge in [-0.25, -0.2) is 9.55 Å². The third-order valence-corrected chi connectivity index (χ3v) is 9.50. The molecule has 6 rings (SSSR count). The van der Waals surface area contributed by atoms with E-state index in [-0.39, 0.29) is 27.2 Å². The summed E-state index contributed by atoms with van der Waals surface area (Å²) in [6.07, 6.45) is 1.18. The second-order valence-corrected chi connectivity index (χ2v) is 14.4. The highest BCUT2D eigenvalue weighted by atomic mass is 15.2. The monoisotopic (exact) mass is 454 g/mol. The largest absolute Gasteiger partial charge is 0.299 e. The van der Waals surface area contributed by atoms with Crippen LogP contribution in [-0.2, 0) is 27.2 Å². The maximum absolute atomic E-state index is 5.35. The van der Waals surface area contributed by atoms with Crippen molar-refractivity contribution in [1.82, 2.24) is 9.38 Å². The summed E-state index contributed by atoms with van der Waals surface area (Å²) < 4.78 is 5.18. The van der Waals surface area contributed by atoms with Crippen LogP contribution in [0.1, 0.15) is 105 Å². The first kappa shape index (κ1) is 22.1. The molecule has 3 heteroatoms. The molecule has 2 aromatic heterocycles. The summed E-state index contributed by atoms with van der Waals surface area (Å²) in [7, 11) is 0. The van der Waals surface area contributed by atoms with E-state index in [1.54, 1.807) is 0 Å². The fourth-order valence-electron chi connectivity index (χ4n) is 7.35. The zero-order valence-electron chi connectivity index (χ0n) is 22.9. The van der Waals surface area contributed by atoms with Gasteiger partial charge in [-0.3, -0.25) is 0 Å². The zero-order chi connectivity index (χ0) is 24.8. The van der Waals surface area contributed by atoms with Crippen molar-refractivity contribution in [1.29, 1.82) is 0 Å². The molecule has 2 aromatic carbocycles. The third kappa shape index (κ3) is 2.39. The molecular weight excluding hydrogens is 414 g/mol. The predicted molar refractivity (Wildman–Crippen MR) is 142 cm³/mol. The quantitative estimate of drug-likeness (QED) is 0.257. The molecule has 4 aromatic rings. The van der Waals surface area contributed by atoms with Gasteiger partial charge in [0.25, 0.3) is 5.65 Å². The summed E-state index contributed by atoms with van der Waals surface area (Å²) in [4.78, 5) is 5.35. The van der Waals surface area contributed by atoms with Gasteiger partial charge in [-0.1, -0.05) is 74.4 Å². The second kappa shape index (κ2) is 5.86. The van der Waals surface area contributed by atoms with Crippen molar-refractivity contribution in [2.75, 3.05) is 0 Å². The minimum atomic E-state index is -0.107. The van der Waals surface area contributed by atoms with E-state index < -0.39 is 0 Å². The lowest BCUT2D eigenvalue weighted by molar-refractivity contribution is -0.723. The lowest BCUT2D eigenvalue weighted by Gasteiger charge is -2.43. The summed E-state index contributed by atoms with van der Waals surface area (Å²) in [6.45, 7) is 26.2. The van der Waals surface area contributed by atoms with Gasteiger partial charge in [-0.15, -0.1) is 0 Å². The Morgan fingerprint density at radius 3 is 2.09 bits per heavy atom. The van der Waals surface area contributed by atoms with E-state index in [0.29, 0.717) is 0 Å². The molecule has 1 aliphatic heterocycles. The Morgan fingerprint density at radius 2 is 1.47 bits per heavy atom. The van der Waals surface area contributed by atoms with Gasteiger partial charge in [0.1, 0.15) is 5.54 Å². The molecule has 0 saturated carbocycles. The maximum atomic E-state index is 5.35. The smallest absolute Gasteiger partial charge is 0.217 e. The molecule has 0 N–H and O–H groups in total. The van der Waals surface area contributed by atoms with Gasteiger partial charge in [0.15, 0.2) is 11.0 Å². The minimum absolute atomic E-state index is 0.0440. The topological polar surface area (TPSA) is 21.2 Å². The Labute approximate surface area is 204 Å². The van der Waals surface area contributed by atoms with Crippen LogP contribution in [0.25, 0.3) is 27.6 Å². The van der Waals surface area contributed by atoms with Crippen molar-refractivity contribution < 1.29 is 4.57 Å². The Bertz CT molecular complexity index is 1550. The van der Waals surface area contributed by atoms with Gasteiger partial charge < -0.3 is 0 Å². The Morgan fingerprint density at radius 1 is 0.853 bits per heavy atom. The standard InChI is InChI=1S/C31H40N3/c1-27(2,3)26-32-21-14-12-13-18-24(21)25-33(26)22-15-19-20(29(6,7)17-28(19,4)5)16-23(22)34(25)31(10,11)30(18,8)9/h12-16H,17H2,1-11H3/q+1. The molecule has 0 bridgehead atoms. The molecule has 1 aliphatic carbocycles. The van der Waals surface area contributed by atoms with E-state index in [4.69, 9.17) is 4.98 Å². The SMILES string of the molecule is CC(C)(C)c1nc2cccc3c2c2n1c1cc4c(cc1[n+]2C(C)(C)C3(C)C)C(C)(C)CC4(C)C. The lowest BCUT2D eigenvalue weighted by atomic mass is 9.67. The van der Waals surface area contributed by atoms with Crippen molar-refractivity contribution >= 4 is 27.6 Å². The number of rotatable bonds is 0. The average Bonchev–Trinajstić information content (AvgIpc) is 3.12. The van der Waals surface area contributed by atoms with Gasteiger partial charge in [0.2, 0.25) is 5.82 Å². The van der Waals surface area contributed by atoms with Crippen LogP contribution in [0, 0.1) is 0 Å². The van der Waals surface area contributed by atoms with Crippen LogP contribution in [0.4, 0.5) is 0 Å². The van der Waals surface area contributed by atoms with E-state index >= 15 is 0 Å². The van der Waals surface area contributed by atoms with E-state index in [0.717, 1.165) is 11.3 Å². The first-order valence-electron chi connectivity index (χ1n) is 12.9. The summed E-state index contributed by atoms with van der Waals surface area (Å²) >= 11 is 0. The third-order valence-electron chi connectivity index (χ3n) is 9.50. The second-order valence-electron chi connectivity index (χ2n) is 14.4. The van der Waals surface area contributed by atoms with Crippen LogP contribution >= 0.6 is 0 Å². The Hall–Kier alpha value is -2.42. The van der Waals surface area contributed by atoms with Gasteiger partial charge >= 0.3 is 0 Å². The summed E-state index contributed by atoms with van der Waals surface area (Å²) in [5.74, 6) is 1.14. The highest BCUT2D eigenvalue weighted by Gasteiger charge is 2.53. The van der Waals surface area contributed by atoms with E-state index in [2.05, 4.69) is 115 Å². The highest BCUT2D eigenvalue weighted by Crippen LogP contribution is 2.52. The van der Waals surface area contributed by atoms with Crippen molar-refractivity contribution in [2.45, 2.75) is 110 Å². The molecule has 178 valence electrons.